The summed E-state index contributed by atoms with van der Waals surface area (Å²) in [4.78, 5) is 13.8. The van der Waals surface area contributed by atoms with E-state index in [-0.39, 0.29) is 5.91 Å². The van der Waals surface area contributed by atoms with E-state index in [9.17, 15) is 4.79 Å². The van der Waals surface area contributed by atoms with E-state index in [0.29, 0.717) is 24.5 Å². The smallest absolute Gasteiger partial charge is 0.275 e. The molecule has 0 saturated heterocycles. The van der Waals surface area contributed by atoms with Crippen molar-refractivity contribution in [2.45, 2.75) is 13.5 Å². The maximum atomic E-state index is 12.1. The lowest BCUT2D eigenvalue weighted by atomic mass is 10.1. The molecule has 0 aliphatic heterocycles. The first kappa shape index (κ1) is 12.5. The Kier molecular flexibility index (Phi) is 3.88. The molecule has 1 heterocycles. The standard InChI is InChI=1S/C12H14N4OS/c1-2-16(12(17)11-8-18-15-14-11)7-9-5-3-4-6-10(9)13/h3-6,8H,2,7,13H2,1H3. The van der Waals surface area contributed by atoms with Gasteiger partial charge in [-0.05, 0) is 30.1 Å². The quantitative estimate of drug-likeness (QED) is 0.852. The third-order valence-corrected chi connectivity index (χ3v) is 3.17. The van der Waals surface area contributed by atoms with Gasteiger partial charge in [-0.15, -0.1) is 5.10 Å². The summed E-state index contributed by atoms with van der Waals surface area (Å²) in [5, 5.41) is 5.45. The van der Waals surface area contributed by atoms with Crippen LogP contribution in [0.25, 0.3) is 0 Å². The minimum Gasteiger partial charge on any atom is -0.398 e. The molecule has 0 atom stereocenters. The number of nitrogen functional groups attached to an aromatic ring is 1. The molecule has 0 unspecified atom stereocenters. The van der Waals surface area contributed by atoms with Gasteiger partial charge in [0.05, 0.1) is 0 Å². The van der Waals surface area contributed by atoms with Crippen molar-refractivity contribution >= 4 is 23.1 Å². The van der Waals surface area contributed by atoms with E-state index >= 15 is 0 Å². The minimum atomic E-state index is -0.116. The number of para-hydroxylation sites is 1. The van der Waals surface area contributed by atoms with Gasteiger partial charge in [-0.25, -0.2) is 0 Å². The molecule has 0 bridgehead atoms. The van der Waals surface area contributed by atoms with Crippen LogP contribution in [0.2, 0.25) is 0 Å². The number of benzene rings is 1. The topological polar surface area (TPSA) is 72.1 Å². The van der Waals surface area contributed by atoms with Crippen molar-refractivity contribution in [1.29, 1.82) is 0 Å². The first-order valence-electron chi connectivity index (χ1n) is 5.62. The maximum absolute atomic E-state index is 12.1. The largest absolute Gasteiger partial charge is 0.398 e. The van der Waals surface area contributed by atoms with E-state index in [4.69, 9.17) is 5.73 Å². The minimum absolute atomic E-state index is 0.116. The van der Waals surface area contributed by atoms with E-state index in [2.05, 4.69) is 9.59 Å². The number of carbonyl (C=O) groups is 1. The summed E-state index contributed by atoms with van der Waals surface area (Å²) in [5.41, 5.74) is 7.90. The SMILES string of the molecule is CCN(Cc1ccccc1N)C(=O)c1csnn1. The van der Waals surface area contributed by atoms with Gasteiger partial charge in [0.15, 0.2) is 5.69 Å². The molecule has 2 rings (SSSR count). The second kappa shape index (κ2) is 5.59. The molecule has 1 aromatic heterocycles. The Morgan fingerprint density at radius 2 is 2.22 bits per heavy atom. The number of carbonyl (C=O) groups excluding carboxylic acids is 1. The van der Waals surface area contributed by atoms with Gasteiger partial charge in [0.25, 0.3) is 5.91 Å². The van der Waals surface area contributed by atoms with Gasteiger partial charge in [-0.2, -0.15) is 0 Å². The Balaban J connectivity index is 2.15. The van der Waals surface area contributed by atoms with Crippen LogP contribution in [0.1, 0.15) is 23.0 Å². The summed E-state index contributed by atoms with van der Waals surface area (Å²) in [7, 11) is 0. The Morgan fingerprint density at radius 1 is 1.44 bits per heavy atom. The maximum Gasteiger partial charge on any atom is 0.275 e. The molecule has 5 nitrogen and oxygen atoms in total. The summed E-state index contributed by atoms with van der Waals surface area (Å²) in [6, 6.07) is 7.54. The zero-order chi connectivity index (χ0) is 13.0. The highest BCUT2D eigenvalue weighted by Crippen LogP contribution is 2.15. The molecule has 0 radical (unpaired) electrons. The van der Waals surface area contributed by atoms with Crippen LogP contribution in [0.15, 0.2) is 29.6 Å². The lowest BCUT2D eigenvalue weighted by molar-refractivity contribution is 0.0747. The summed E-state index contributed by atoms with van der Waals surface area (Å²) in [5.74, 6) is -0.116. The monoisotopic (exact) mass is 262 g/mol. The van der Waals surface area contributed by atoms with Crippen LogP contribution in [0.3, 0.4) is 0 Å². The summed E-state index contributed by atoms with van der Waals surface area (Å²) < 4.78 is 3.70. The van der Waals surface area contributed by atoms with Gasteiger partial charge in [-0.1, -0.05) is 22.7 Å². The number of hydrogen-bond donors (Lipinski definition) is 1. The van der Waals surface area contributed by atoms with Gasteiger partial charge in [0.2, 0.25) is 0 Å². The van der Waals surface area contributed by atoms with Crippen molar-refractivity contribution in [1.82, 2.24) is 14.5 Å². The average Bonchev–Trinajstić information content (AvgIpc) is 2.91. The van der Waals surface area contributed by atoms with Crippen molar-refractivity contribution in [3.05, 3.63) is 40.9 Å². The van der Waals surface area contributed by atoms with Gasteiger partial charge in [0.1, 0.15) is 0 Å². The molecular weight excluding hydrogens is 248 g/mol. The molecular formula is C12H14N4OS. The van der Waals surface area contributed by atoms with Crippen molar-refractivity contribution in [2.75, 3.05) is 12.3 Å². The third-order valence-electron chi connectivity index (χ3n) is 2.66. The van der Waals surface area contributed by atoms with Crippen molar-refractivity contribution in [2.24, 2.45) is 0 Å². The highest BCUT2D eigenvalue weighted by molar-refractivity contribution is 7.03. The summed E-state index contributed by atoms with van der Waals surface area (Å²) in [6.45, 7) is 3.01. The Labute approximate surface area is 109 Å². The molecule has 1 aromatic carbocycles. The Morgan fingerprint density at radius 3 is 2.83 bits per heavy atom. The molecule has 0 aliphatic carbocycles. The summed E-state index contributed by atoms with van der Waals surface area (Å²) in [6.07, 6.45) is 0. The molecule has 0 fully saturated rings. The van der Waals surface area contributed by atoms with Crippen molar-refractivity contribution in [3.8, 4) is 0 Å². The predicted octanol–water partition coefficient (Wildman–Crippen LogP) is 1.78. The second-order valence-corrected chi connectivity index (χ2v) is 4.42. The Bertz CT molecular complexity index is 527. The molecule has 0 saturated carbocycles. The van der Waals surface area contributed by atoms with Gasteiger partial charge >= 0.3 is 0 Å². The molecule has 94 valence electrons. The predicted molar refractivity (Wildman–Crippen MR) is 71.2 cm³/mol. The lowest BCUT2D eigenvalue weighted by Crippen LogP contribution is -2.30. The van der Waals surface area contributed by atoms with Crippen molar-refractivity contribution < 1.29 is 4.79 Å². The van der Waals surface area contributed by atoms with Gasteiger partial charge in [-0.3, -0.25) is 4.79 Å². The molecule has 0 aliphatic rings. The van der Waals surface area contributed by atoms with Crippen LogP contribution in [0.4, 0.5) is 5.69 Å². The zero-order valence-electron chi connectivity index (χ0n) is 10.0. The van der Waals surface area contributed by atoms with Gasteiger partial charge < -0.3 is 10.6 Å². The fourth-order valence-electron chi connectivity index (χ4n) is 1.63. The van der Waals surface area contributed by atoms with E-state index in [0.717, 1.165) is 5.56 Å². The second-order valence-electron chi connectivity index (χ2n) is 3.81. The van der Waals surface area contributed by atoms with E-state index in [1.807, 2.05) is 31.2 Å². The third kappa shape index (κ3) is 2.65. The number of amides is 1. The van der Waals surface area contributed by atoms with Crippen LogP contribution in [0, 0.1) is 0 Å². The first-order chi connectivity index (χ1) is 8.72. The number of aromatic nitrogens is 2. The number of anilines is 1. The van der Waals surface area contributed by atoms with E-state index in [1.54, 1.807) is 10.3 Å². The van der Waals surface area contributed by atoms with Crippen LogP contribution < -0.4 is 5.73 Å². The molecule has 2 N–H and O–H groups in total. The van der Waals surface area contributed by atoms with Crippen LogP contribution in [-0.4, -0.2) is 26.9 Å². The van der Waals surface area contributed by atoms with Gasteiger partial charge in [0, 0.05) is 24.2 Å². The molecule has 18 heavy (non-hydrogen) atoms. The molecule has 1 amide bonds. The lowest BCUT2D eigenvalue weighted by Gasteiger charge is -2.20. The molecule has 2 aromatic rings. The average molecular weight is 262 g/mol. The first-order valence-corrected chi connectivity index (χ1v) is 6.45. The fraction of sp³-hybridized carbons (Fsp3) is 0.250. The zero-order valence-corrected chi connectivity index (χ0v) is 10.9. The molecule has 6 heteroatoms. The number of hydrogen-bond acceptors (Lipinski definition) is 5. The molecule has 0 spiro atoms. The highest BCUT2D eigenvalue weighted by Gasteiger charge is 2.17. The van der Waals surface area contributed by atoms with Crippen LogP contribution in [-0.2, 0) is 6.54 Å². The number of rotatable bonds is 4. The van der Waals surface area contributed by atoms with Crippen LogP contribution >= 0.6 is 11.5 Å². The Hall–Kier alpha value is -1.95. The van der Waals surface area contributed by atoms with Crippen molar-refractivity contribution in [3.63, 3.8) is 0 Å². The number of nitrogens with zero attached hydrogens (tertiary/aromatic N) is 3. The normalized spacial score (nSPS) is 10.3. The summed E-state index contributed by atoms with van der Waals surface area (Å²) >= 11 is 1.17. The fourth-order valence-corrected chi connectivity index (χ4v) is 2.06. The number of nitrogens with two attached hydrogens (primary N) is 1. The van der Waals surface area contributed by atoms with E-state index < -0.39 is 0 Å². The highest BCUT2D eigenvalue weighted by atomic mass is 32.1. The van der Waals surface area contributed by atoms with E-state index in [1.165, 1.54) is 11.5 Å². The van der Waals surface area contributed by atoms with Crippen LogP contribution in [0.5, 0.6) is 0 Å².